The Balaban J connectivity index is 1.73. The van der Waals surface area contributed by atoms with E-state index >= 15 is 0 Å². The minimum absolute atomic E-state index is 0.0778. The van der Waals surface area contributed by atoms with Crippen LogP contribution in [0.2, 0.25) is 0 Å². The summed E-state index contributed by atoms with van der Waals surface area (Å²) in [6.07, 6.45) is 1.05. The van der Waals surface area contributed by atoms with Crippen LogP contribution in [0.3, 0.4) is 0 Å². The second kappa shape index (κ2) is 5.31. The van der Waals surface area contributed by atoms with Crippen molar-refractivity contribution in [3.8, 4) is 0 Å². The number of nitrogens with zero attached hydrogens (tertiary/aromatic N) is 1. The van der Waals surface area contributed by atoms with Crippen molar-refractivity contribution in [2.24, 2.45) is 0 Å². The van der Waals surface area contributed by atoms with Crippen molar-refractivity contribution < 1.29 is 4.79 Å². The molecular formula is C15H21N3O. The van der Waals surface area contributed by atoms with E-state index in [9.17, 15) is 4.79 Å². The van der Waals surface area contributed by atoms with Gasteiger partial charge in [-0.05, 0) is 17.5 Å². The highest BCUT2D eigenvalue weighted by Gasteiger charge is 2.31. The van der Waals surface area contributed by atoms with E-state index in [-0.39, 0.29) is 5.91 Å². The van der Waals surface area contributed by atoms with Crippen LogP contribution in [-0.4, -0.2) is 36.5 Å². The number of hydrogen-bond acceptors (Lipinski definition) is 3. The maximum atomic E-state index is 11.1. The zero-order valence-electron chi connectivity index (χ0n) is 11.4. The van der Waals surface area contributed by atoms with Crippen LogP contribution in [0.15, 0.2) is 24.3 Å². The van der Waals surface area contributed by atoms with Gasteiger partial charge in [0.1, 0.15) is 0 Å². The van der Waals surface area contributed by atoms with Crippen LogP contribution >= 0.6 is 0 Å². The van der Waals surface area contributed by atoms with E-state index in [1.54, 1.807) is 6.92 Å². The highest BCUT2D eigenvalue weighted by molar-refractivity contribution is 5.73. The van der Waals surface area contributed by atoms with Gasteiger partial charge in [-0.1, -0.05) is 24.3 Å². The molecule has 0 saturated carbocycles. The molecule has 1 aromatic carbocycles. The zero-order chi connectivity index (χ0) is 13.2. The van der Waals surface area contributed by atoms with Gasteiger partial charge in [-0.2, -0.15) is 0 Å². The van der Waals surface area contributed by atoms with Crippen molar-refractivity contribution in [2.75, 3.05) is 19.6 Å². The number of carbonyl (C=O) groups excluding carboxylic acids is 1. The van der Waals surface area contributed by atoms with Crippen molar-refractivity contribution in [2.45, 2.75) is 32.0 Å². The third-order valence-electron chi connectivity index (χ3n) is 4.14. The molecule has 0 aliphatic carbocycles. The monoisotopic (exact) mass is 259 g/mol. The normalized spacial score (nSPS) is 27.0. The molecular weight excluding hydrogens is 238 g/mol. The molecule has 1 saturated heterocycles. The van der Waals surface area contributed by atoms with Crippen LogP contribution in [0.4, 0.5) is 0 Å². The van der Waals surface area contributed by atoms with Crippen LogP contribution in [0.1, 0.15) is 30.5 Å². The molecule has 2 unspecified atom stereocenters. The first-order valence-corrected chi connectivity index (χ1v) is 7.03. The fourth-order valence-corrected chi connectivity index (χ4v) is 3.28. The van der Waals surface area contributed by atoms with Crippen molar-refractivity contribution >= 4 is 5.91 Å². The van der Waals surface area contributed by atoms with Crippen molar-refractivity contribution in [3.05, 3.63) is 35.4 Å². The summed E-state index contributed by atoms with van der Waals surface area (Å²) < 4.78 is 0. The van der Waals surface area contributed by atoms with Gasteiger partial charge in [-0.15, -0.1) is 0 Å². The third kappa shape index (κ3) is 2.65. The van der Waals surface area contributed by atoms with E-state index in [0.717, 1.165) is 32.6 Å². The quantitative estimate of drug-likeness (QED) is 0.834. The number of hydrogen-bond donors (Lipinski definition) is 2. The lowest BCUT2D eigenvalue weighted by Crippen LogP contribution is -2.41. The van der Waals surface area contributed by atoms with E-state index in [0.29, 0.717) is 12.1 Å². The predicted molar refractivity (Wildman–Crippen MR) is 74.7 cm³/mol. The SMILES string of the molecule is CC(=O)NC1CCN(C2CNCc3ccccc32)C1. The molecule has 0 radical (unpaired) electrons. The van der Waals surface area contributed by atoms with Gasteiger partial charge in [-0.3, -0.25) is 9.69 Å². The topological polar surface area (TPSA) is 44.4 Å². The molecule has 1 amide bonds. The summed E-state index contributed by atoms with van der Waals surface area (Å²) in [6.45, 7) is 5.59. The summed E-state index contributed by atoms with van der Waals surface area (Å²) in [7, 11) is 0. The number of amides is 1. The highest BCUT2D eigenvalue weighted by atomic mass is 16.1. The van der Waals surface area contributed by atoms with Gasteiger partial charge in [0.25, 0.3) is 0 Å². The fourth-order valence-electron chi connectivity index (χ4n) is 3.28. The molecule has 3 rings (SSSR count). The minimum atomic E-state index is 0.0778. The average Bonchev–Trinajstić information content (AvgIpc) is 2.85. The van der Waals surface area contributed by atoms with Crippen molar-refractivity contribution in [1.82, 2.24) is 15.5 Å². The van der Waals surface area contributed by atoms with Crippen LogP contribution in [-0.2, 0) is 11.3 Å². The van der Waals surface area contributed by atoms with E-state index in [1.165, 1.54) is 11.1 Å². The molecule has 19 heavy (non-hydrogen) atoms. The number of rotatable bonds is 2. The summed E-state index contributed by atoms with van der Waals surface area (Å²) in [5.41, 5.74) is 2.85. The number of fused-ring (bicyclic) bond motifs is 1. The molecule has 2 heterocycles. The van der Waals surface area contributed by atoms with Gasteiger partial charge >= 0.3 is 0 Å². The van der Waals surface area contributed by atoms with E-state index in [1.807, 2.05) is 0 Å². The second-order valence-corrected chi connectivity index (χ2v) is 5.53. The van der Waals surface area contributed by atoms with Gasteiger partial charge in [-0.25, -0.2) is 0 Å². The zero-order valence-corrected chi connectivity index (χ0v) is 11.4. The second-order valence-electron chi connectivity index (χ2n) is 5.53. The van der Waals surface area contributed by atoms with Crippen LogP contribution < -0.4 is 10.6 Å². The lowest BCUT2D eigenvalue weighted by molar-refractivity contribution is -0.119. The third-order valence-corrected chi connectivity index (χ3v) is 4.14. The molecule has 2 atom stereocenters. The summed E-state index contributed by atoms with van der Waals surface area (Å²) in [5, 5.41) is 6.53. The Labute approximate surface area is 114 Å². The Morgan fingerprint density at radius 1 is 1.42 bits per heavy atom. The Morgan fingerprint density at radius 3 is 3.11 bits per heavy atom. The summed E-state index contributed by atoms with van der Waals surface area (Å²) >= 11 is 0. The number of carbonyl (C=O) groups is 1. The average molecular weight is 259 g/mol. The number of nitrogens with one attached hydrogen (secondary N) is 2. The molecule has 2 aliphatic heterocycles. The van der Waals surface area contributed by atoms with E-state index < -0.39 is 0 Å². The molecule has 1 fully saturated rings. The van der Waals surface area contributed by atoms with Gasteiger partial charge < -0.3 is 10.6 Å². The molecule has 2 N–H and O–H groups in total. The van der Waals surface area contributed by atoms with Crippen LogP contribution in [0.5, 0.6) is 0 Å². The first-order chi connectivity index (χ1) is 9.24. The molecule has 1 aromatic rings. The molecule has 0 aromatic heterocycles. The predicted octanol–water partition coefficient (Wildman–Crippen LogP) is 1.04. The first-order valence-electron chi connectivity index (χ1n) is 7.03. The first kappa shape index (κ1) is 12.6. The van der Waals surface area contributed by atoms with Gasteiger partial charge in [0, 0.05) is 45.2 Å². The summed E-state index contributed by atoms with van der Waals surface area (Å²) in [5.74, 6) is 0.0778. The van der Waals surface area contributed by atoms with Crippen molar-refractivity contribution in [1.29, 1.82) is 0 Å². The van der Waals surface area contributed by atoms with E-state index in [2.05, 4.69) is 39.8 Å². The number of likely N-dealkylation sites (tertiary alicyclic amines) is 1. The maximum Gasteiger partial charge on any atom is 0.217 e. The standard InChI is InChI=1S/C15H21N3O/c1-11(19)17-13-6-7-18(10-13)15-9-16-8-12-4-2-3-5-14(12)15/h2-5,13,15-16H,6-10H2,1H3,(H,17,19). The lowest BCUT2D eigenvalue weighted by atomic mass is 9.96. The minimum Gasteiger partial charge on any atom is -0.352 e. The molecule has 4 heteroatoms. The van der Waals surface area contributed by atoms with Gasteiger partial charge in [0.2, 0.25) is 5.91 Å². The lowest BCUT2D eigenvalue weighted by Gasteiger charge is -2.33. The van der Waals surface area contributed by atoms with Gasteiger partial charge in [0.05, 0.1) is 0 Å². The smallest absolute Gasteiger partial charge is 0.217 e. The molecule has 0 bridgehead atoms. The summed E-state index contributed by atoms with van der Waals surface area (Å²) in [4.78, 5) is 13.6. The molecule has 2 aliphatic rings. The molecule has 102 valence electrons. The highest BCUT2D eigenvalue weighted by Crippen LogP contribution is 2.29. The molecule has 4 nitrogen and oxygen atoms in total. The van der Waals surface area contributed by atoms with Crippen molar-refractivity contribution in [3.63, 3.8) is 0 Å². The largest absolute Gasteiger partial charge is 0.352 e. The van der Waals surface area contributed by atoms with Gasteiger partial charge in [0.15, 0.2) is 0 Å². The Morgan fingerprint density at radius 2 is 2.26 bits per heavy atom. The maximum absolute atomic E-state index is 11.1. The van der Waals surface area contributed by atoms with Crippen LogP contribution in [0, 0.1) is 0 Å². The van der Waals surface area contributed by atoms with Crippen LogP contribution in [0.25, 0.3) is 0 Å². The van der Waals surface area contributed by atoms with E-state index in [4.69, 9.17) is 0 Å². The Kier molecular flexibility index (Phi) is 3.53. The fraction of sp³-hybridized carbons (Fsp3) is 0.533. The number of benzene rings is 1. The Bertz CT molecular complexity index is 474. The summed E-state index contributed by atoms with van der Waals surface area (Å²) in [6, 6.07) is 9.43. The Hall–Kier alpha value is -1.39. The molecule has 0 spiro atoms.